The van der Waals surface area contributed by atoms with Crippen LogP contribution in [0, 0.1) is 0 Å². The third-order valence-electron chi connectivity index (χ3n) is 4.62. The molecule has 148 valence electrons. The maximum Gasteiger partial charge on any atom is 0.278 e. The summed E-state index contributed by atoms with van der Waals surface area (Å²) in [6, 6.07) is 9.40. The number of hydrogen-bond donors (Lipinski definition) is 3. The zero-order chi connectivity index (χ0) is 20.1. The van der Waals surface area contributed by atoms with Gasteiger partial charge in [0.05, 0.1) is 36.1 Å². The molecule has 0 fully saturated rings. The van der Waals surface area contributed by atoms with Crippen molar-refractivity contribution in [2.75, 3.05) is 29.5 Å². The highest BCUT2D eigenvalue weighted by molar-refractivity contribution is 6.07. The first-order valence-electron chi connectivity index (χ1n) is 9.56. The fraction of sp³-hybridized carbons (Fsp3) is 0.238. The minimum absolute atomic E-state index is 0.0629. The average Bonchev–Trinajstić information content (AvgIpc) is 2.74. The van der Waals surface area contributed by atoms with Crippen LogP contribution in [0.4, 0.5) is 17.2 Å². The van der Waals surface area contributed by atoms with E-state index >= 15 is 0 Å². The normalized spacial score (nSPS) is 14.6. The summed E-state index contributed by atoms with van der Waals surface area (Å²) in [6.45, 7) is 1.42. The summed E-state index contributed by atoms with van der Waals surface area (Å²) in [4.78, 5) is 25.6. The van der Waals surface area contributed by atoms with Gasteiger partial charge in [-0.15, -0.1) is 0 Å². The van der Waals surface area contributed by atoms with Crippen molar-refractivity contribution in [1.82, 2.24) is 15.0 Å². The molecule has 8 nitrogen and oxygen atoms in total. The number of nitrogens with two attached hydrogens (primary N) is 1. The molecule has 0 saturated heterocycles. The number of amides is 1. The number of rotatable bonds is 0. The molecule has 1 amide bonds. The number of anilines is 3. The summed E-state index contributed by atoms with van der Waals surface area (Å²) in [6.07, 6.45) is 7.80. The second-order valence-electron chi connectivity index (χ2n) is 6.73. The summed E-state index contributed by atoms with van der Waals surface area (Å²) in [7, 11) is 0. The van der Waals surface area contributed by atoms with Crippen LogP contribution in [0.5, 0.6) is 5.75 Å². The van der Waals surface area contributed by atoms with Crippen molar-refractivity contribution < 1.29 is 9.53 Å². The smallest absolute Gasteiger partial charge is 0.278 e. The molecule has 0 spiro atoms. The quantitative estimate of drug-likeness (QED) is 0.539. The van der Waals surface area contributed by atoms with Gasteiger partial charge in [-0.1, -0.05) is 12.1 Å². The minimum Gasteiger partial charge on any atom is -0.494 e. The molecule has 0 aliphatic carbocycles. The fourth-order valence-corrected chi connectivity index (χ4v) is 3.10. The standard InChI is InChI=1S/C21H22N6O2/c22-20-19-21(28)27-18-12-23-9-7-16(18)24-8-2-1-3-10-29-15-6-4-5-14(11-15)17(26-19)13-25-20/h4-7,9,11-13,24H,1-3,8,10H2,(H2,22,25)(H,27,28). The third-order valence-corrected chi connectivity index (χ3v) is 4.62. The van der Waals surface area contributed by atoms with E-state index in [2.05, 4.69) is 25.6 Å². The molecule has 4 rings (SSSR count). The van der Waals surface area contributed by atoms with Crippen molar-refractivity contribution in [2.45, 2.75) is 19.3 Å². The number of aromatic nitrogens is 3. The monoisotopic (exact) mass is 390 g/mol. The van der Waals surface area contributed by atoms with Crippen LogP contribution in [-0.4, -0.2) is 34.0 Å². The van der Waals surface area contributed by atoms with Gasteiger partial charge in [0.15, 0.2) is 11.5 Å². The first-order valence-corrected chi connectivity index (χ1v) is 9.56. The molecule has 2 aromatic heterocycles. The molecule has 1 aromatic carbocycles. The largest absolute Gasteiger partial charge is 0.494 e. The number of carbonyl (C=O) groups excluding carboxylic acids is 1. The van der Waals surface area contributed by atoms with E-state index in [-0.39, 0.29) is 11.5 Å². The number of nitrogens with zero attached hydrogens (tertiary/aromatic N) is 3. The lowest BCUT2D eigenvalue weighted by atomic mass is 10.1. The lowest BCUT2D eigenvalue weighted by molar-refractivity contribution is 0.102. The predicted molar refractivity (Wildman–Crippen MR) is 112 cm³/mol. The second kappa shape index (κ2) is 8.55. The highest BCUT2D eigenvalue weighted by Crippen LogP contribution is 2.25. The molecule has 1 aliphatic rings. The molecule has 29 heavy (non-hydrogen) atoms. The van der Waals surface area contributed by atoms with E-state index in [1.807, 2.05) is 30.3 Å². The summed E-state index contributed by atoms with van der Waals surface area (Å²) >= 11 is 0. The number of benzene rings is 1. The molecule has 0 atom stereocenters. The topological polar surface area (TPSA) is 115 Å². The molecule has 1 aliphatic heterocycles. The van der Waals surface area contributed by atoms with Gasteiger partial charge in [0.1, 0.15) is 5.75 Å². The van der Waals surface area contributed by atoms with Gasteiger partial charge in [-0.3, -0.25) is 9.78 Å². The van der Waals surface area contributed by atoms with Crippen LogP contribution in [0.1, 0.15) is 29.8 Å². The van der Waals surface area contributed by atoms with Crippen molar-refractivity contribution in [3.8, 4) is 17.0 Å². The Labute approximate surface area is 168 Å². The van der Waals surface area contributed by atoms with Crippen LogP contribution in [0.15, 0.2) is 48.9 Å². The Morgan fingerprint density at radius 1 is 1.07 bits per heavy atom. The van der Waals surface area contributed by atoms with Crippen LogP contribution >= 0.6 is 0 Å². The molecule has 3 aromatic rings. The number of hydrogen-bond acceptors (Lipinski definition) is 7. The number of nitrogens with one attached hydrogen (secondary N) is 2. The van der Waals surface area contributed by atoms with Gasteiger partial charge < -0.3 is 21.1 Å². The van der Waals surface area contributed by atoms with E-state index in [9.17, 15) is 4.79 Å². The summed E-state index contributed by atoms with van der Waals surface area (Å²) in [5.74, 6) is 0.382. The molecular weight excluding hydrogens is 368 g/mol. The van der Waals surface area contributed by atoms with Crippen molar-refractivity contribution in [2.24, 2.45) is 0 Å². The zero-order valence-corrected chi connectivity index (χ0v) is 15.9. The minimum atomic E-state index is -0.440. The highest BCUT2D eigenvalue weighted by atomic mass is 16.5. The summed E-state index contributed by atoms with van der Waals surface area (Å²) < 4.78 is 5.86. The lowest BCUT2D eigenvalue weighted by Gasteiger charge is -2.13. The van der Waals surface area contributed by atoms with Crippen molar-refractivity contribution in [3.05, 3.63) is 54.6 Å². The Balaban J connectivity index is 1.72. The highest BCUT2D eigenvalue weighted by Gasteiger charge is 2.17. The van der Waals surface area contributed by atoms with Crippen molar-refractivity contribution >= 4 is 23.1 Å². The second-order valence-corrected chi connectivity index (χ2v) is 6.73. The van der Waals surface area contributed by atoms with Gasteiger partial charge in [0.2, 0.25) is 0 Å². The van der Waals surface area contributed by atoms with Crippen LogP contribution in [0.3, 0.4) is 0 Å². The van der Waals surface area contributed by atoms with Crippen LogP contribution in [-0.2, 0) is 0 Å². The number of fused-ring (bicyclic) bond motifs is 6. The Hall–Kier alpha value is -3.68. The van der Waals surface area contributed by atoms with Gasteiger partial charge in [-0.05, 0) is 37.5 Å². The van der Waals surface area contributed by atoms with E-state index in [0.29, 0.717) is 18.0 Å². The Morgan fingerprint density at radius 3 is 2.93 bits per heavy atom. The maximum absolute atomic E-state index is 12.9. The molecule has 0 unspecified atom stereocenters. The Kier molecular flexibility index (Phi) is 5.51. The van der Waals surface area contributed by atoms with E-state index in [1.54, 1.807) is 18.6 Å². The van der Waals surface area contributed by atoms with E-state index in [1.165, 1.54) is 0 Å². The molecule has 4 N–H and O–H groups in total. The summed E-state index contributed by atoms with van der Waals surface area (Å²) in [5.41, 5.74) is 8.71. The van der Waals surface area contributed by atoms with Gasteiger partial charge in [0.25, 0.3) is 5.91 Å². The molecule has 0 radical (unpaired) electrons. The molecule has 3 heterocycles. The average molecular weight is 390 g/mol. The van der Waals surface area contributed by atoms with Gasteiger partial charge in [0, 0.05) is 18.3 Å². The molecular formula is C21H22N6O2. The summed E-state index contributed by atoms with van der Waals surface area (Å²) in [5, 5.41) is 6.18. The SMILES string of the molecule is Nc1ncc2nc1C(=O)Nc1cnccc1NCCCCCOc1cccc-2c1. The van der Waals surface area contributed by atoms with E-state index in [0.717, 1.165) is 42.8 Å². The van der Waals surface area contributed by atoms with E-state index < -0.39 is 5.91 Å². The molecule has 0 saturated carbocycles. The van der Waals surface area contributed by atoms with Crippen LogP contribution < -0.4 is 21.1 Å². The van der Waals surface area contributed by atoms with E-state index in [4.69, 9.17) is 10.5 Å². The van der Waals surface area contributed by atoms with Crippen molar-refractivity contribution in [1.29, 1.82) is 0 Å². The Morgan fingerprint density at radius 2 is 2.00 bits per heavy atom. The predicted octanol–water partition coefficient (Wildman–Crippen LogP) is 3.35. The van der Waals surface area contributed by atoms with Gasteiger partial charge >= 0.3 is 0 Å². The lowest BCUT2D eigenvalue weighted by Crippen LogP contribution is -2.18. The van der Waals surface area contributed by atoms with Gasteiger partial charge in [-0.25, -0.2) is 9.97 Å². The van der Waals surface area contributed by atoms with Crippen LogP contribution in [0.2, 0.25) is 0 Å². The molecule has 8 heteroatoms. The third kappa shape index (κ3) is 4.43. The fourth-order valence-electron chi connectivity index (χ4n) is 3.10. The number of carbonyl (C=O) groups is 1. The number of pyridine rings is 1. The first kappa shape index (κ1) is 18.7. The first-order chi connectivity index (χ1) is 14.2. The maximum atomic E-state index is 12.9. The Bertz CT molecular complexity index is 1020. The van der Waals surface area contributed by atoms with Crippen LogP contribution in [0.25, 0.3) is 11.3 Å². The number of ether oxygens (including phenoxy) is 1. The van der Waals surface area contributed by atoms with Crippen molar-refractivity contribution in [3.63, 3.8) is 0 Å². The molecule has 4 bridgehead atoms. The zero-order valence-electron chi connectivity index (χ0n) is 15.9. The number of nitrogen functional groups attached to an aromatic ring is 1. The van der Waals surface area contributed by atoms with Gasteiger partial charge in [-0.2, -0.15) is 0 Å².